The fourth-order valence-electron chi connectivity index (χ4n) is 6.50. The summed E-state index contributed by atoms with van der Waals surface area (Å²) >= 11 is 0. The van der Waals surface area contributed by atoms with Crippen LogP contribution in [0.1, 0.15) is 65.2 Å². The van der Waals surface area contributed by atoms with Crippen molar-refractivity contribution in [3.63, 3.8) is 0 Å². The molecular formula is C20H28O. The van der Waals surface area contributed by atoms with Crippen molar-refractivity contribution in [1.29, 1.82) is 0 Å². The highest BCUT2D eigenvalue weighted by Crippen LogP contribution is 2.63. The summed E-state index contributed by atoms with van der Waals surface area (Å²) in [4.78, 5) is 11.7. The lowest BCUT2D eigenvalue weighted by atomic mass is 9.52. The van der Waals surface area contributed by atoms with Gasteiger partial charge in [-0.05, 0) is 87.0 Å². The third kappa shape index (κ3) is 1.92. The number of hydrogen-bond donors (Lipinski definition) is 0. The molecule has 0 aromatic heterocycles. The van der Waals surface area contributed by atoms with Gasteiger partial charge in [0.05, 0.1) is 0 Å². The van der Waals surface area contributed by atoms with E-state index in [1.165, 1.54) is 44.1 Å². The van der Waals surface area contributed by atoms with Crippen LogP contribution in [0.2, 0.25) is 0 Å². The molecule has 114 valence electrons. The first-order valence-electron chi connectivity index (χ1n) is 9.02. The number of hydrogen-bond acceptors (Lipinski definition) is 1. The van der Waals surface area contributed by atoms with Crippen LogP contribution >= 0.6 is 0 Å². The smallest absolute Gasteiger partial charge is 0.155 e. The van der Waals surface area contributed by atoms with Gasteiger partial charge in [-0.3, -0.25) is 4.79 Å². The highest BCUT2D eigenvalue weighted by atomic mass is 16.1. The minimum Gasteiger partial charge on any atom is -0.295 e. The second-order valence-electron chi connectivity index (χ2n) is 8.11. The molecule has 5 atom stereocenters. The summed E-state index contributed by atoms with van der Waals surface area (Å²) in [6.45, 7) is 4.79. The number of carbonyl (C=O) groups excluding carboxylic acids is 1. The zero-order chi connectivity index (χ0) is 14.6. The van der Waals surface area contributed by atoms with Gasteiger partial charge in [0.2, 0.25) is 0 Å². The molecule has 0 bridgehead atoms. The van der Waals surface area contributed by atoms with E-state index >= 15 is 0 Å². The number of allylic oxidation sites excluding steroid dienone is 3. The highest BCUT2D eigenvalue weighted by molar-refractivity contribution is 5.91. The Kier molecular flexibility index (Phi) is 3.17. The Morgan fingerprint density at radius 1 is 1.10 bits per heavy atom. The van der Waals surface area contributed by atoms with Gasteiger partial charge in [-0.15, -0.1) is 0 Å². The molecule has 0 aromatic carbocycles. The molecule has 0 spiro atoms. The molecule has 4 aliphatic carbocycles. The fraction of sp³-hybridized carbons (Fsp3) is 0.750. The summed E-state index contributed by atoms with van der Waals surface area (Å²) < 4.78 is 0. The lowest BCUT2D eigenvalue weighted by molar-refractivity contribution is -0.115. The van der Waals surface area contributed by atoms with Gasteiger partial charge in [-0.2, -0.15) is 0 Å². The van der Waals surface area contributed by atoms with Gasteiger partial charge in [0, 0.05) is 6.42 Å². The van der Waals surface area contributed by atoms with Gasteiger partial charge in [0.15, 0.2) is 5.78 Å². The summed E-state index contributed by atoms with van der Waals surface area (Å²) in [7, 11) is 0. The maximum atomic E-state index is 11.7. The first kappa shape index (κ1) is 13.8. The average molecular weight is 284 g/mol. The molecule has 0 heterocycles. The molecule has 0 amide bonds. The van der Waals surface area contributed by atoms with Crippen LogP contribution in [0.5, 0.6) is 0 Å². The number of carbonyl (C=O) groups is 1. The lowest BCUT2D eigenvalue weighted by Crippen LogP contribution is -2.45. The molecule has 4 rings (SSSR count). The molecule has 0 N–H and O–H groups in total. The van der Waals surface area contributed by atoms with Crippen molar-refractivity contribution in [3.8, 4) is 0 Å². The predicted octanol–water partition coefficient (Wildman–Crippen LogP) is 5.07. The maximum absolute atomic E-state index is 11.7. The van der Waals surface area contributed by atoms with Gasteiger partial charge in [-0.25, -0.2) is 0 Å². The molecule has 0 saturated heterocycles. The van der Waals surface area contributed by atoms with E-state index in [0.717, 1.165) is 36.5 Å². The summed E-state index contributed by atoms with van der Waals surface area (Å²) in [5, 5.41) is 0. The van der Waals surface area contributed by atoms with Crippen molar-refractivity contribution < 1.29 is 4.79 Å². The second kappa shape index (κ2) is 4.83. The van der Waals surface area contributed by atoms with Crippen LogP contribution in [0.3, 0.4) is 0 Å². The van der Waals surface area contributed by atoms with Crippen LogP contribution in [0.25, 0.3) is 0 Å². The van der Waals surface area contributed by atoms with Crippen molar-refractivity contribution in [1.82, 2.24) is 0 Å². The van der Waals surface area contributed by atoms with E-state index < -0.39 is 0 Å². The first-order valence-corrected chi connectivity index (χ1v) is 9.02. The van der Waals surface area contributed by atoms with Crippen LogP contribution < -0.4 is 0 Å². The van der Waals surface area contributed by atoms with E-state index in [2.05, 4.69) is 19.9 Å². The molecule has 0 radical (unpaired) electrons. The molecular weight excluding hydrogens is 256 g/mol. The topological polar surface area (TPSA) is 17.1 Å². The third-order valence-electron chi connectivity index (χ3n) is 7.50. The maximum Gasteiger partial charge on any atom is 0.155 e. The van der Waals surface area contributed by atoms with Gasteiger partial charge >= 0.3 is 0 Å². The fourth-order valence-corrected chi connectivity index (χ4v) is 6.50. The van der Waals surface area contributed by atoms with Crippen LogP contribution in [0, 0.1) is 29.1 Å². The predicted molar refractivity (Wildman–Crippen MR) is 85.9 cm³/mol. The molecule has 4 aliphatic rings. The Balaban J connectivity index is 1.64. The third-order valence-corrected chi connectivity index (χ3v) is 7.50. The molecule has 0 aromatic rings. The Labute approximate surface area is 128 Å². The van der Waals surface area contributed by atoms with E-state index in [4.69, 9.17) is 0 Å². The standard InChI is InChI=1S/C20H28O/c1-3-14-5-9-19-18-7-4-13-12-15(21)6-8-16(13)17(18)10-11-20(14,19)2/h3,12,16-19H,4-11H2,1-2H3/t16-,17+,18+,19-,20+/m0/s1. The zero-order valence-corrected chi connectivity index (χ0v) is 13.5. The van der Waals surface area contributed by atoms with Crippen LogP contribution in [-0.2, 0) is 4.79 Å². The normalized spacial score (nSPS) is 47.6. The summed E-state index contributed by atoms with van der Waals surface area (Å²) in [6.07, 6.45) is 14.5. The zero-order valence-electron chi connectivity index (χ0n) is 13.5. The van der Waals surface area contributed by atoms with Gasteiger partial charge in [0.25, 0.3) is 0 Å². The Morgan fingerprint density at radius 2 is 1.95 bits per heavy atom. The molecule has 0 unspecified atom stereocenters. The molecule has 0 aliphatic heterocycles. The summed E-state index contributed by atoms with van der Waals surface area (Å²) in [6, 6.07) is 0. The Morgan fingerprint density at radius 3 is 2.76 bits per heavy atom. The van der Waals surface area contributed by atoms with Crippen molar-refractivity contribution in [2.24, 2.45) is 29.1 Å². The molecule has 1 heteroatoms. The van der Waals surface area contributed by atoms with Gasteiger partial charge < -0.3 is 0 Å². The van der Waals surface area contributed by atoms with E-state index in [-0.39, 0.29) is 0 Å². The van der Waals surface area contributed by atoms with E-state index in [9.17, 15) is 4.79 Å². The SMILES string of the molecule is CC=C1CC[C@H]2[C@@H]3CCC4=CC(=O)CC[C@@H]4[C@H]3CC[C@]12C. The van der Waals surface area contributed by atoms with Gasteiger partial charge in [-0.1, -0.05) is 24.1 Å². The van der Waals surface area contributed by atoms with Gasteiger partial charge in [0.1, 0.15) is 0 Å². The van der Waals surface area contributed by atoms with Crippen LogP contribution in [0.4, 0.5) is 0 Å². The number of rotatable bonds is 0. The minimum atomic E-state index is 0.386. The molecule has 21 heavy (non-hydrogen) atoms. The largest absolute Gasteiger partial charge is 0.295 e. The van der Waals surface area contributed by atoms with E-state index in [1.54, 1.807) is 5.57 Å². The minimum absolute atomic E-state index is 0.386. The van der Waals surface area contributed by atoms with Crippen LogP contribution in [0.15, 0.2) is 23.3 Å². The quantitative estimate of drug-likeness (QED) is 0.567. The number of fused-ring (bicyclic) bond motifs is 5. The van der Waals surface area contributed by atoms with Crippen LogP contribution in [-0.4, -0.2) is 5.78 Å². The average Bonchev–Trinajstić information content (AvgIpc) is 2.83. The Bertz CT molecular complexity index is 526. The second-order valence-corrected chi connectivity index (χ2v) is 8.11. The van der Waals surface area contributed by atoms with Crippen molar-refractivity contribution in [3.05, 3.63) is 23.3 Å². The van der Waals surface area contributed by atoms with E-state index in [1.807, 2.05) is 6.08 Å². The Hall–Kier alpha value is -0.850. The number of ketones is 1. The molecule has 3 saturated carbocycles. The summed E-state index contributed by atoms with van der Waals surface area (Å²) in [5.74, 6) is 3.86. The summed E-state index contributed by atoms with van der Waals surface area (Å²) in [5.41, 5.74) is 3.76. The molecule has 3 fully saturated rings. The van der Waals surface area contributed by atoms with Crippen molar-refractivity contribution in [2.75, 3.05) is 0 Å². The highest BCUT2D eigenvalue weighted by Gasteiger charge is 2.53. The van der Waals surface area contributed by atoms with Crippen molar-refractivity contribution >= 4 is 5.78 Å². The van der Waals surface area contributed by atoms with E-state index in [0.29, 0.717) is 11.2 Å². The first-order chi connectivity index (χ1) is 10.1. The van der Waals surface area contributed by atoms with Crippen molar-refractivity contribution in [2.45, 2.75) is 65.2 Å². The molecule has 1 nitrogen and oxygen atoms in total. The monoisotopic (exact) mass is 284 g/mol. The lowest BCUT2D eigenvalue weighted by Gasteiger charge is -2.53.